The summed E-state index contributed by atoms with van der Waals surface area (Å²) in [6, 6.07) is 46.5. The summed E-state index contributed by atoms with van der Waals surface area (Å²) in [5, 5.41) is 3.65. The van der Waals surface area contributed by atoms with Crippen molar-refractivity contribution in [3.8, 4) is 16.8 Å². The largest absolute Gasteiger partial charge is 0.454 e. The fourth-order valence-electron chi connectivity index (χ4n) is 8.46. The van der Waals surface area contributed by atoms with Gasteiger partial charge in [-0.1, -0.05) is 112 Å². The number of nitrogens with zero attached hydrogens (tertiary/aromatic N) is 2. The molecule has 1 saturated carbocycles. The summed E-state index contributed by atoms with van der Waals surface area (Å²) < 4.78 is 8.73. The van der Waals surface area contributed by atoms with Crippen molar-refractivity contribution in [1.82, 2.24) is 9.55 Å². The Labute approximate surface area is 269 Å². The van der Waals surface area contributed by atoms with Crippen LogP contribution in [0.15, 0.2) is 138 Å². The third-order valence-electron chi connectivity index (χ3n) is 11.3. The molecule has 0 N–H and O–H groups in total. The van der Waals surface area contributed by atoms with Gasteiger partial charge in [-0.15, -0.1) is 0 Å². The van der Waals surface area contributed by atoms with Gasteiger partial charge in [-0.05, 0) is 72.0 Å². The number of fused-ring (bicyclic) bond motifs is 6. The van der Waals surface area contributed by atoms with Crippen LogP contribution in [-0.2, 0) is 10.8 Å². The lowest BCUT2D eigenvalue weighted by Gasteiger charge is -2.51. The molecule has 5 aromatic carbocycles. The Kier molecular flexibility index (Phi) is 6.02. The van der Waals surface area contributed by atoms with Crippen LogP contribution in [0.5, 0.6) is 0 Å². The van der Waals surface area contributed by atoms with Crippen LogP contribution in [0.4, 0.5) is 0 Å². The number of para-hydroxylation sites is 3. The Morgan fingerprint density at radius 3 is 1.76 bits per heavy atom. The number of aromatic nitrogens is 2. The van der Waals surface area contributed by atoms with Crippen LogP contribution in [0.3, 0.4) is 0 Å². The average Bonchev–Trinajstić information content (AvgIpc) is 3.66. The molecule has 3 heterocycles. The van der Waals surface area contributed by atoms with E-state index in [4.69, 9.17) is 4.42 Å². The van der Waals surface area contributed by atoms with E-state index < -0.39 is 0 Å². The van der Waals surface area contributed by atoms with Crippen molar-refractivity contribution >= 4 is 43.9 Å². The molecule has 46 heavy (non-hydrogen) atoms. The zero-order valence-corrected chi connectivity index (χ0v) is 26.3. The molecule has 0 amide bonds. The molecule has 0 radical (unpaired) electrons. The molecule has 1 fully saturated rings. The molecular formula is C43H36N2O. The van der Waals surface area contributed by atoms with Gasteiger partial charge in [0.15, 0.2) is 5.58 Å². The third-order valence-corrected chi connectivity index (χ3v) is 11.3. The number of furan rings is 1. The van der Waals surface area contributed by atoms with Crippen LogP contribution in [0.2, 0.25) is 0 Å². The lowest BCUT2D eigenvalue weighted by atomic mass is 9.52. The van der Waals surface area contributed by atoms with Crippen LogP contribution in [0, 0.1) is 0 Å². The van der Waals surface area contributed by atoms with Gasteiger partial charge in [0.2, 0.25) is 0 Å². The second-order valence-electron chi connectivity index (χ2n) is 13.5. The Bertz CT molecular complexity index is 2340. The maximum Gasteiger partial charge on any atom is 0.161 e. The van der Waals surface area contributed by atoms with E-state index in [1.807, 2.05) is 24.4 Å². The molecule has 3 nitrogen and oxygen atoms in total. The molecule has 1 aliphatic carbocycles. The van der Waals surface area contributed by atoms with E-state index in [9.17, 15) is 0 Å². The van der Waals surface area contributed by atoms with Gasteiger partial charge in [-0.25, -0.2) is 0 Å². The summed E-state index contributed by atoms with van der Waals surface area (Å²) in [7, 11) is 0. The van der Waals surface area contributed by atoms with E-state index >= 15 is 0 Å². The fraction of sp³-hybridized carbons (Fsp3) is 0.186. The molecular weight excluding hydrogens is 560 g/mol. The van der Waals surface area contributed by atoms with Gasteiger partial charge in [0, 0.05) is 44.4 Å². The van der Waals surface area contributed by atoms with E-state index in [1.54, 1.807) is 0 Å². The predicted octanol–water partition coefficient (Wildman–Crippen LogP) is 11.5. The van der Waals surface area contributed by atoms with E-state index in [-0.39, 0.29) is 10.8 Å². The molecule has 224 valence electrons. The Balaban J connectivity index is 1.09. The van der Waals surface area contributed by atoms with Gasteiger partial charge in [-0.2, -0.15) is 0 Å². The summed E-state index contributed by atoms with van der Waals surface area (Å²) in [6.07, 6.45) is 6.73. The van der Waals surface area contributed by atoms with Crippen molar-refractivity contribution in [3.63, 3.8) is 0 Å². The Morgan fingerprint density at radius 1 is 0.587 bits per heavy atom. The Hall–Kier alpha value is -5.15. The zero-order chi connectivity index (χ0) is 30.9. The van der Waals surface area contributed by atoms with E-state index in [0.29, 0.717) is 0 Å². The molecule has 1 aliphatic rings. The lowest BCUT2D eigenvalue weighted by Crippen LogP contribution is -2.47. The van der Waals surface area contributed by atoms with Crippen molar-refractivity contribution < 1.29 is 4.42 Å². The highest BCUT2D eigenvalue weighted by molar-refractivity contribution is 6.09. The first kappa shape index (κ1) is 27.2. The van der Waals surface area contributed by atoms with Gasteiger partial charge >= 0.3 is 0 Å². The number of hydrogen-bond acceptors (Lipinski definition) is 2. The molecule has 0 bridgehead atoms. The van der Waals surface area contributed by atoms with E-state index in [0.717, 1.165) is 33.2 Å². The van der Waals surface area contributed by atoms with Crippen LogP contribution in [0.25, 0.3) is 60.7 Å². The molecule has 0 spiro atoms. The highest BCUT2D eigenvalue weighted by Crippen LogP contribution is 2.54. The van der Waals surface area contributed by atoms with Crippen LogP contribution in [-0.4, -0.2) is 9.55 Å². The van der Waals surface area contributed by atoms with E-state index in [1.165, 1.54) is 64.3 Å². The monoisotopic (exact) mass is 596 g/mol. The van der Waals surface area contributed by atoms with Crippen LogP contribution in [0.1, 0.15) is 50.7 Å². The van der Waals surface area contributed by atoms with Gasteiger partial charge in [-0.3, -0.25) is 4.98 Å². The number of hydrogen-bond donors (Lipinski definition) is 0. The molecule has 2 atom stereocenters. The minimum atomic E-state index is 0.00503. The molecule has 3 aromatic heterocycles. The summed E-state index contributed by atoms with van der Waals surface area (Å²) in [4.78, 5) is 4.67. The lowest BCUT2D eigenvalue weighted by molar-refractivity contribution is 0.171. The number of pyridine rings is 1. The normalized spacial score (nSPS) is 20.2. The van der Waals surface area contributed by atoms with Gasteiger partial charge in [0.05, 0.1) is 11.0 Å². The van der Waals surface area contributed by atoms with Crippen molar-refractivity contribution in [1.29, 1.82) is 0 Å². The maximum absolute atomic E-state index is 6.31. The molecule has 1 unspecified atom stereocenters. The van der Waals surface area contributed by atoms with E-state index in [2.05, 4.69) is 133 Å². The van der Waals surface area contributed by atoms with Crippen molar-refractivity contribution in [2.45, 2.75) is 50.4 Å². The average molecular weight is 597 g/mol. The second kappa shape index (κ2) is 10.2. The summed E-state index contributed by atoms with van der Waals surface area (Å²) in [5.74, 6) is 0. The predicted molar refractivity (Wildman–Crippen MR) is 191 cm³/mol. The minimum absolute atomic E-state index is 0.00503. The third kappa shape index (κ3) is 3.87. The first-order valence-corrected chi connectivity index (χ1v) is 16.5. The van der Waals surface area contributed by atoms with Gasteiger partial charge in [0.1, 0.15) is 11.1 Å². The quantitative estimate of drug-likeness (QED) is 0.202. The first-order chi connectivity index (χ1) is 22.5. The van der Waals surface area contributed by atoms with Crippen molar-refractivity contribution in [2.24, 2.45) is 0 Å². The highest BCUT2D eigenvalue weighted by Gasteiger charge is 2.48. The van der Waals surface area contributed by atoms with Crippen LogP contribution < -0.4 is 0 Å². The Morgan fingerprint density at radius 2 is 1.13 bits per heavy atom. The molecule has 9 rings (SSSR count). The fourth-order valence-corrected chi connectivity index (χ4v) is 8.46. The maximum atomic E-state index is 6.31. The molecule has 0 saturated heterocycles. The summed E-state index contributed by atoms with van der Waals surface area (Å²) >= 11 is 0. The van der Waals surface area contributed by atoms with Crippen molar-refractivity contribution in [3.05, 3.63) is 145 Å². The summed E-state index contributed by atoms with van der Waals surface area (Å²) in [6.45, 7) is 4.99. The smallest absolute Gasteiger partial charge is 0.161 e. The summed E-state index contributed by atoms with van der Waals surface area (Å²) in [5.41, 5.74) is 11.4. The molecule has 0 aliphatic heterocycles. The minimum Gasteiger partial charge on any atom is -0.454 e. The standard InChI is InChI=1S/C43H36N2O/c1-42(30-19-17-29(18-20-30)33-25-28-44-40-36-13-5-8-16-39(36)46-41(33)40)26-9-10-27-43(42,2)31-21-23-32(24-22-31)45-37-14-6-3-11-34(37)35-12-4-7-15-38(35)45/h3-8,11-25,28H,9-10,26-27H2,1-2H3/t42?,43-/m1/s1. The highest BCUT2D eigenvalue weighted by atomic mass is 16.3. The van der Waals surface area contributed by atoms with Gasteiger partial charge < -0.3 is 8.98 Å². The molecule has 3 heteroatoms. The number of benzene rings is 5. The second-order valence-corrected chi connectivity index (χ2v) is 13.5. The number of rotatable bonds is 4. The first-order valence-electron chi connectivity index (χ1n) is 16.5. The zero-order valence-electron chi connectivity index (χ0n) is 26.3. The van der Waals surface area contributed by atoms with Gasteiger partial charge in [0.25, 0.3) is 0 Å². The molecule has 8 aromatic rings. The topological polar surface area (TPSA) is 31.0 Å². The van der Waals surface area contributed by atoms with Crippen LogP contribution >= 0.6 is 0 Å². The van der Waals surface area contributed by atoms with Crippen molar-refractivity contribution in [2.75, 3.05) is 0 Å². The SMILES string of the molecule is CC1(c2ccc(-c3ccnc4c3oc3ccccc34)cc2)CCCC[C@]1(C)c1ccc(-n2c3ccccc3c3ccccc32)cc1.